The Hall–Kier alpha value is -1.40. The van der Waals surface area contributed by atoms with E-state index in [9.17, 15) is 0 Å². The minimum atomic E-state index is 0.490. The second-order valence-corrected chi connectivity index (χ2v) is 11.9. The summed E-state index contributed by atoms with van der Waals surface area (Å²) in [5.41, 5.74) is 3.90. The van der Waals surface area contributed by atoms with Gasteiger partial charge in [-0.3, -0.25) is 10.1 Å². The summed E-state index contributed by atoms with van der Waals surface area (Å²) in [4.78, 5) is 6.45. The number of aliphatic imine (C=N–C) groups is 1. The first-order valence-electron chi connectivity index (χ1n) is 11.7. The topological polar surface area (TPSA) is 53.1 Å². The van der Waals surface area contributed by atoms with Gasteiger partial charge in [0.25, 0.3) is 0 Å². The van der Waals surface area contributed by atoms with Gasteiger partial charge in [0.15, 0.2) is 5.82 Å². The van der Waals surface area contributed by atoms with Gasteiger partial charge in [-0.1, -0.05) is 25.3 Å². The second-order valence-electron chi connectivity index (χ2n) is 9.30. The number of aromatic nitrogens is 2. The standard InChI is InChI=1S/C24H30N4S2/c1-2-4-16(5-3-1)24-25-14-22(30-24)19-11-8-17(12-21(19)29-18-9-10-18)26-23-13-20(27-28-23)15-6-7-15/h8,11-13,15-16,18,22H,1-7,9-10,14H2,(H2,26,27,28). The molecule has 0 spiro atoms. The molecule has 3 saturated carbocycles. The molecule has 0 bridgehead atoms. The third-order valence-corrected chi connectivity index (χ3v) is 9.50. The van der Waals surface area contributed by atoms with Gasteiger partial charge in [-0.05, 0) is 56.2 Å². The SMILES string of the molecule is c1cc(C2CN=C(C3CCCCC3)S2)c(SC2CC2)cc1Nc1cc(C2CC2)[nH]n1. The van der Waals surface area contributed by atoms with Gasteiger partial charge >= 0.3 is 0 Å². The van der Waals surface area contributed by atoms with E-state index in [2.05, 4.69) is 63.3 Å². The molecular weight excluding hydrogens is 408 g/mol. The Morgan fingerprint density at radius 2 is 1.83 bits per heavy atom. The molecule has 2 heterocycles. The van der Waals surface area contributed by atoms with Crippen LogP contribution >= 0.6 is 23.5 Å². The van der Waals surface area contributed by atoms with Crippen LogP contribution in [0.15, 0.2) is 34.2 Å². The van der Waals surface area contributed by atoms with Crippen molar-refractivity contribution in [2.45, 2.75) is 79.1 Å². The third-order valence-electron chi connectivity index (χ3n) is 6.70. The summed E-state index contributed by atoms with van der Waals surface area (Å²) in [6.07, 6.45) is 12.2. The number of hydrogen-bond acceptors (Lipinski definition) is 5. The normalized spacial score (nSPS) is 24.8. The van der Waals surface area contributed by atoms with Crippen LogP contribution in [0.2, 0.25) is 0 Å². The first kappa shape index (κ1) is 19.3. The van der Waals surface area contributed by atoms with Crippen molar-refractivity contribution in [2.24, 2.45) is 10.9 Å². The molecule has 6 rings (SSSR count). The molecule has 3 fully saturated rings. The van der Waals surface area contributed by atoms with E-state index in [4.69, 9.17) is 4.99 Å². The van der Waals surface area contributed by atoms with Gasteiger partial charge in [0.05, 0.1) is 16.8 Å². The van der Waals surface area contributed by atoms with Gasteiger partial charge in [-0.25, -0.2) is 0 Å². The van der Waals surface area contributed by atoms with Crippen LogP contribution in [0.3, 0.4) is 0 Å². The molecule has 3 aliphatic carbocycles. The number of benzene rings is 1. The molecule has 0 saturated heterocycles. The van der Waals surface area contributed by atoms with Crippen LogP contribution in [0.25, 0.3) is 0 Å². The van der Waals surface area contributed by atoms with Crippen LogP contribution < -0.4 is 5.32 Å². The fourth-order valence-corrected chi connectivity index (χ4v) is 7.32. The lowest BCUT2D eigenvalue weighted by molar-refractivity contribution is 0.443. The van der Waals surface area contributed by atoms with E-state index in [0.717, 1.165) is 29.2 Å². The number of thioether (sulfide) groups is 2. The molecule has 1 aromatic heterocycles. The third kappa shape index (κ3) is 4.31. The molecular formula is C24H30N4S2. The monoisotopic (exact) mass is 438 g/mol. The van der Waals surface area contributed by atoms with E-state index in [1.807, 2.05) is 0 Å². The Morgan fingerprint density at radius 1 is 0.967 bits per heavy atom. The van der Waals surface area contributed by atoms with Crippen molar-refractivity contribution in [3.8, 4) is 0 Å². The minimum absolute atomic E-state index is 0.490. The Bertz CT molecular complexity index is 938. The van der Waals surface area contributed by atoms with Gasteiger partial charge in [0.1, 0.15) is 0 Å². The van der Waals surface area contributed by atoms with E-state index < -0.39 is 0 Å². The molecule has 4 aliphatic rings. The predicted octanol–water partition coefficient (Wildman–Crippen LogP) is 7.05. The Kier molecular flexibility index (Phi) is 5.32. The van der Waals surface area contributed by atoms with Crippen LogP contribution in [0.1, 0.15) is 80.2 Å². The predicted molar refractivity (Wildman–Crippen MR) is 128 cm³/mol. The molecule has 1 unspecified atom stereocenters. The zero-order chi connectivity index (χ0) is 19.9. The fourth-order valence-electron chi connectivity index (χ4n) is 4.63. The highest BCUT2D eigenvalue weighted by atomic mass is 32.2. The first-order valence-corrected chi connectivity index (χ1v) is 13.4. The van der Waals surface area contributed by atoms with Gasteiger partial charge in [-0.2, -0.15) is 5.10 Å². The maximum Gasteiger partial charge on any atom is 0.152 e. The largest absolute Gasteiger partial charge is 0.339 e. The first-order chi connectivity index (χ1) is 14.8. The number of anilines is 2. The average Bonchev–Trinajstić information content (AvgIpc) is 3.69. The number of nitrogens with zero attached hydrogens (tertiary/aromatic N) is 2. The lowest BCUT2D eigenvalue weighted by Gasteiger charge is -2.22. The van der Waals surface area contributed by atoms with Gasteiger partial charge in [-0.15, -0.1) is 23.5 Å². The number of aromatic amines is 1. The molecule has 0 radical (unpaired) electrons. The molecule has 4 nitrogen and oxygen atoms in total. The Labute approximate surface area is 187 Å². The quantitative estimate of drug-likeness (QED) is 0.486. The smallest absolute Gasteiger partial charge is 0.152 e. The maximum absolute atomic E-state index is 5.01. The van der Waals surface area contributed by atoms with Crippen molar-refractivity contribution in [1.29, 1.82) is 0 Å². The van der Waals surface area contributed by atoms with Crippen molar-refractivity contribution in [3.05, 3.63) is 35.5 Å². The lowest BCUT2D eigenvalue weighted by atomic mass is 9.90. The van der Waals surface area contributed by atoms with Gasteiger partial charge in [0, 0.05) is 39.4 Å². The molecule has 0 amide bonds. The summed E-state index contributed by atoms with van der Waals surface area (Å²) in [5.74, 6) is 2.37. The summed E-state index contributed by atoms with van der Waals surface area (Å²) in [6, 6.07) is 9.11. The molecule has 158 valence electrons. The highest BCUT2D eigenvalue weighted by molar-refractivity contribution is 8.14. The molecule has 1 aliphatic heterocycles. The van der Waals surface area contributed by atoms with Crippen LogP contribution in [0.4, 0.5) is 11.5 Å². The van der Waals surface area contributed by atoms with E-state index in [1.165, 1.54) is 79.0 Å². The Morgan fingerprint density at radius 3 is 2.63 bits per heavy atom. The minimum Gasteiger partial charge on any atom is -0.339 e. The van der Waals surface area contributed by atoms with Crippen molar-refractivity contribution >= 4 is 40.1 Å². The zero-order valence-corrected chi connectivity index (χ0v) is 19.0. The zero-order valence-electron chi connectivity index (χ0n) is 17.4. The second kappa shape index (κ2) is 8.27. The van der Waals surface area contributed by atoms with Crippen LogP contribution in [0, 0.1) is 5.92 Å². The number of nitrogens with one attached hydrogen (secondary N) is 2. The number of H-pyrrole nitrogens is 1. The average molecular weight is 439 g/mol. The van der Waals surface area contributed by atoms with Crippen molar-refractivity contribution in [2.75, 3.05) is 11.9 Å². The number of rotatable bonds is 7. The molecule has 2 aromatic rings. The van der Waals surface area contributed by atoms with E-state index >= 15 is 0 Å². The molecule has 6 heteroatoms. The summed E-state index contributed by atoms with van der Waals surface area (Å²) in [5, 5.41) is 13.9. The fraction of sp³-hybridized carbons (Fsp3) is 0.583. The summed E-state index contributed by atoms with van der Waals surface area (Å²) in [7, 11) is 0. The van der Waals surface area contributed by atoms with Crippen molar-refractivity contribution in [1.82, 2.24) is 10.2 Å². The molecule has 1 atom stereocenters. The highest BCUT2D eigenvalue weighted by Crippen LogP contribution is 2.48. The maximum atomic E-state index is 5.01. The highest BCUT2D eigenvalue weighted by Gasteiger charge is 2.31. The Balaban J connectivity index is 1.19. The molecule has 2 N–H and O–H groups in total. The summed E-state index contributed by atoms with van der Waals surface area (Å²) in [6.45, 7) is 0.950. The van der Waals surface area contributed by atoms with E-state index in [1.54, 1.807) is 0 Å². The summed E-state index contributed by atoms with van der Waals surface area (Å²) >= 11 is 4.13. The summed E-state index contributed by atoms with van der Waals surface area (Å²) < 4.78 is 0. The van der Waals surface area contributed by atoms with Gasteiger partial charge in [0.2, 0.25) is 0 Å². The van der Waals surface area contributed by atoms with Crippen molar-refractivity contribution in [3.63, 3.8) is 0 Å². The van der Waals surface area contributed by atoms with E-state index in [0.29, 0.717) is 11.2 Å². The van der Waals surface area contributed by atoms with E-state index in [-0.39, 0.29) is 0 Å². The van der Waals surface area contributed by atoms with Crippen LogP contribution in [0.5, 0.6) is 0 Å². The van der Waals surface area contributed by atoms with Gasteiger partial charge < -0.3 is 5.32 Å². The van der Waals surface area contributed by atoms with Crippen molar-refractivity contribution < 1.29 is 0 Å². The lowest BCUT2D eigenvalue weighted by Crippen LogP contribution is -2.13. The van der Waals surface area contributed by atoms with Crippen LogP contribution in [-0.4, -0.2) is 27.0 Å². The van der Waals surface area contributed by atoms with Crippen LogP contribution in [-0.2, 0) is 0 Å². The molecule has 30 heavy (non-hydrogen) atoms. The molecule has 1 aromatic carbocycles. The number of hydrogen-bond donors (Lipinski definition) is 2.